The fourth-order valence-corrected chi connectivity index (χ4v) is 2.31. The number of benzene rings is 2. The molecular weight excluding hydrogens is 260 g/mol. The van der Waals surface area contributed by atoms with Gasteiger partial charge in [0.25, 0.3) is 0 Å². The minimum Gasteiger partial charge on any atom is -0.507 e. The highest BCUT2D eigenvalue weighted by Gasteiger charge is 2.06. The molecule has 0 aliphatic carbocycles. The Morgan fingerprint density at radius 3 is 2.67 bits per heavy atom. The molecule has 0 saturated carbocycles. The first-order chi connectivity index (χ1) is 10.3. The van der Waals surface area contributed by atoms with Crippen LogP contribution in [0, 0.1) is 0 Å². The average molecular weight is 276 g/mol. The number of aromatic nitrogens is 1. The zero-order chi connectivity index (χ0) is 14.7. The summed E-state index contributed by atoms with van der Waals surface area (Å²) in [5, 5.41) is 12.2. The zero-order valence-corrected chi connectivity index (χ0v) is 11.8. The van der Waals surface area contributed by atoms with Gasteiger partial charge in [-0.05, 0) is 35.9 Å². The van der Waals surface area contributed by atoms with Crippen molar-refractivity contribution in [1.29, 1.82) is 0 Å². The average Bonchev–Trinajstić information content (AvgIpc) is 2.54. The van der Waals surface area contributed by atoms with Crippen LogP contribution < -0.4 is 0 Å². The smallest absolute Gasteiger partial charge is 0.124 e. The van der Waals surface area contributed by atoms with Crippen LogP contribution in [0.2, 0.25) is 0 Å². The molecule has 104 valence electrons. The Hall–Kier alpha value is -2.68. The van der Waals surface area contributed by atoms with Gasteiger partial charge in [-0.2, -0.15) is 0 Å². The lowest BCUT2D eigenvalue weighted by molar-refractivity contribution is 0.475. The lowest BCUT2D eigenvalue weighted by Crippen LogP contribution is -1.94. The predicted molar refractivity (Wildman–Crippen MR) is 85.9 cm³/mol. The van der Waals surface area contributed by atoms with Crippen molar-refractivity contribution in [2.45, 2.75) is 13.0 Å². The fourth-order valence-electron chi connectivity index (χ4n) is 2.31. The maximum atomic E-state index is 10.1. The van der Waals surface area contributed by atoms with Gasteiger partial charge in [-0.3, -0.25) is 9.98 Å². The quantitative estimate of drug-likeness (QED) is 0.731. The molecule has 21 heavy (non-hydrogen) atoms. The fraction of sp³-hybridized carbons (Fsp3) is 0.111. The van der Waals surface area contributed by atoms with Gasteiger partial charge in [0.15, 0.2) is 0 Å². The van der Waals surface area contributed by atoms with Crippen molar-refractivity contribution in [3.63, 3.8) is 0 Å². The van der Waals surface area contributed by atoms with E-state index < -0.39 is 0 Å². The first-order valence-corrected chi connectivity index (χ1v) is 6.90. The van der Waals surface area contributed by atoms with Crippen LogP contribution in [-0.4, -0.2) is 16.3 Å². The number of aromatic hydroxyl groups is 1. The van der Waals surface area contributed by atoms with Crippen LogP contribution in [0.4, 0.5) is 0 Å². The molecule has 0 aliphatic rings. The van der Waals surface area contributed by atoms with Crippen LogP contribution in [0.3, 0.4) is 0 Å². The maximum absolute atomic E-state index is 10.1. The van der Waals surface area contributed by atoms with Gasteiger partial charge in [-0.15, -0.1) is 0 Å². The molecule has 0 radical (unpaired) electrons. The summed E-state index contributed by atoms with van der Waals surface area (Å²) in [6.45, 7) is 1.99. The molecule has 0 bridgehead atoms. The van der Waals surface area contributed by atoms with Gasteiger partial charge >= 0.3 is 0 Å². The van der Waals surface area contributed by atoms with Crippen molar-refractivity contribution in [3.8, 4) is 5.75 Å². The molecule has 3 rings (SSSR count). The van der Waals surface area contributed by atoms with E-state index in [0.29, 0.717) is 0 Å². The molecule has 3 nitrogen and oxygen atoms in total. The Labute approximate surface area is 123 Å². The summed E-state index contributed by atoms with van der Waals surface area (Å²) in [5.74, 6) is 0.241. The number of phenolic OH excluding ortho intramolecular Hbond substituents is 1. The van der Waals surface area contributed by atoms with Gasteiger partial charge in [0, 0.05) is 18.0 Å². The molecule has 0 fully saturated rings. The number of rotatable bonds is 3. The van der Waals surface area contributed by atoms with E-state index in [9.17, 15) is 5.11 Å². The van der Waals surface area contributed by atoms with Crippen molar-refractivity contribution in [3.05, 3.63) is 72.1 Å². The van der Waals surface area contributed by atoms with E-state index in [4.69, 9.17) is 0 Å². The zero-order valence-electron chi connectivity index (χ0n) is 11.8. The molecule has 0 amide bonds. The topological polar surface area (TPSA) is 45.5 Å². The van der Waals surface area contributed by atoms with Gasteiger partial charge < -0.3 is 5.11 Å². The van der Waals surface area contributed by atoms with E-state index >= 15 is 0 Å². The van der Waals surface area contributed by atoms with E-state index in [0.717, 1.165) is 22.0 Å². The summed E-state index contributed by atoms with van der Waals surface area (Å²) in [7, 11) is 0. The molecule has 1 atom stereocenters. The summed E-state index contributed by atoms with van der Waals surface area (Å²) >= 11 is 0. The molecule has 0 aliphatic heterocycles. The largest absolute Gasteiger partial charge is 0.507 e. The number of phenols is 1. The van der Waals surface area contributed by atoms with Gasteiger partial charge in [0.1, 0.15) is 5.75 Å². The first-order valence-electron chi connectivity index (χ1n) is 6.90. The Bertz CT molecular complexity index is 782. The summed E-state index contributed by atoms with van der Waals surface area (Å²) in [6.07, 6.45) is 3.49. The number of hydrogen-bond acceptors (Lipinski definition) is 3. The highest BCUT2D eigenvalue weighted by atomic mass is 16.3. The molecule has 1 N–H and O–H groups in total. The molecule has 2 aromatic carbocycles. The molecule has 0 saturated heterocycles. The van der Waals surface area contributed by atoms with Crippen molar-refractivity contribution in [2.75, 3.05) is 0 Å². The number of hydrogen-bond donors (Lipinski definition) is 1. The van der Waals surface area contributed by atoms with Gasteiger partial charge in [-0.1, -0.05) is 36.4 Å². The Balaban J connectivity index is 1.98. The Morgan fingerprint density at radius 2 is 1.86 bits per heavy atom. The van der Waals surface area contributed by atoms with Crippen molar-refractivity contribution >= 4 is 17.0 Å². The summed E-state index contributed by atoms with van der Waals surface area (Å²) in [5.41, 5.74) is 1.66. The van der Waals surface area contributed by atoms with E-state index in [2.05, 4.69) is 9.98 Å². The van der Waals surface area contributed by atoms with Crippen LogP contribution >= 0.6 is 0 Å². The number of aliphatic imine (C=N–C) groups is 1. The second-order valence-electron chi connectivity index (χ2n) is 4.93. The van der Waals surface area contributed by atoms with E-state index in [1.807, 2.05) is 55.5 Å². The summed E-state index contributed by atoms with van der Waals surface area (Å²) in [4.78, 5) is 8.83. The van der Waals surface area contributed by atoms with Crippen LogP contribution in [0.5, 0.6) is 5.75 Å². The maximum Gasteiger partial charge on any atom is 0.124 e. The van der Waals surface area contributed by atoms with E-state index in [1.165, 1.54) is 0 Å². The van der Waals surface area contributed by atoms with Gasteiger partial charge in [-0.25, -0.2) is 0 Å². The van der Waals surface area contributed by atoms with Crippen LogP contribution in [0.15, 0.2) is 65.8 Å². The minimum atomic E-state index is -0.0513. The Morgan fingerprint density at radius 1 is 1.05 bits per heavy atom. The predicted octanol–water partition coefficient (Wildman–Crippen LogP) is 4.12. The van der Waals surface area contributed by atoms with Crippen LogP contribution in [0.1, 0.15) is 24.2 Å². The molecule has 0 unspecified atom stereocenters. The molecule has 1 heterocycles. The minimum absolute atomic E-state index is 0.0513. The van der Waals surface area contributed by atoms with Gasteiger partial charge in [0.2, 0.25) is 0 Å². The lowest BCUT2D eigenvalue weighted by Gasteiger charge is -2.07. The Kier molecular flexibility index (Phi) is 3.65. The number of nitrogens with zero attached hydrogens (tertiary/aromatic N) is 2. The summed E-state index contributed by atoms with van der Waals surface area (Å²) < 4.78 is 0. The molecular formula is C18H16N2O. The second-order valence-corrected chi connectivity index (χ2v) is 4.93. The number of pyridine rings is 1. The monoisotopic (exact) mass is 276 g/mol. The highest BCUT2D eigenvalue weighted by Crippen LogP contribution is 2.26. The third-order valence-corrected chi connectivity index (χ3v) is 3.49. The van der Waals surface area contributed by atoms with Crippen molar-refractivity contribution in [2.24, 2.45) is 4.99 Å². The number of fused-ring (bicyclic) bond motifs is 1. The third kappa shape index (κ3) is 2.77. The normalized spacial score (nSPS) is 12.8. The van der Waals surface area contributed by atoms with E-state index in [-0.39, 0.29) is 11.8 Å². The highest BCUT2D eigenvalue weighted by molar-refractivity contribution is 6.02. The first kappa shape index (κ1) is 13.3. The summed E-state index contributed by atoms with van der Waals surface area (Å²) in [6, 6.07) is 17.3. The van der Waals surface area contributed by atoms with Crippen LogP contribution in [0.25, 0.3) is 10.8 Å². The standard InChI is InChI=1S/C18H16N2O/c1-13(17-8-4-5-11-19-17)20-12-16-15-7-3-2-6-14(15)9-10-18(16)21/h2-13,21H,1H3/t13-/m1/s1. The molecule has 1 aromatic heterocycles. The molecule has 0 spiro atoms. The second kappa shape index (κ2) is 5.75. The van der Waals surface area contributed by atoms with Crippen molar-refractivity contribution < 1.29 is 5.11 Å². The lowest BCUT2D eigenvalue weighted by atomic mass is 10.0. The van der Waals surface area contributed by atoms with Crippen LogP contribution in [-0.2, 0) is 0 Å². The van der Waals surface area contributed by atoms with Gasteiger partial charge in [0.05, 0.1) is 11.7 Å². The molecule has 3 aromatic rings. The van der Waals surface area contributed by atoms with Crippen molar-refractivity contribution in [1.82, 2.24) is 4.98 Å². The molecule has 3 heteroatoms. The SMILES string of the molecule is C[C@@H](N=Cc1c(O)ccc2ccccc12)c1ccccn1. The van der Waals surface area contributed by atoms with E-state index in [1.54, 1.807) is 18.5 Å². The third-order valence-electron chi connectivity index (χ3n) is 3.49.